The van der Waals surface area contributed by atoms with Crippen molar-refractivity contribution in [1.29, 1.82) is 0 Å². The fourth-order valence-electron chi connectivity index (χ4n) is 2.55. The van der Waals surface area contributed by atoms with Crippen LogP contribution in [0.25, 0.3) is 6.08 Å². The number of nitrogens with one attached hydrogen (secondary N) is 2. The molecule has 0 saturated carbocycles. The third-order valence-corrected chi connectivity index (χ3v) is 3.44. The van der Waals surface area contributed by atoms with E-state index in [1.165, 1.54) is 34.5 Å². The third kappa shape index (κ3) is 1.58. The summed E-state index contributed by atoms with van der Waals surface area (Å²) in [5, 5.41) is 7.00. The van der Waals surface area contributed by atoms with E-state index in [1.54, 1.807) is 0 Å². The molecule has 2 heteroatoms. The average Bonchev–Trinajstić information content (AvgIpc) is 2.26. The maximum atomic E-state index is 3.52. The molecule has 3 rings (SSSR count). The van der Waals surface area contributed by atoms with Gasteiger partial charge in [-0.2, -0.15) is 0 Å². The van der Waals surface area contributed by atoms with Crippen LogP contribution in [-0.4, -0.2) is 13.1 Å². The number of hydrogen-bond acceptors (Lipinski definition) is 2. The van der Waals surface area contributed by atoms with E-state index < -0.39 is 0 Å². The van der Waals surface area contributed by atoms with Crippen molar-refractivity contribution in [3.63, 3.8) is 0 Å². The maximum absolute atomic E-state index is 3.52. The number of benzene rings is 1. The van der Waals surface area contributed by atoms with Crippen LogP contribution in [0.1, 0.15) is 25.0 Å². The molecule has 2 heterocycles. The van der Waals surface area contributed by atoms with Crippen molar-refractivity contribution in [1.82, 2.24) is 0 Å². The van der Waals surface area contributed by atoms with Crippen LogP contribution < -0.4 is 10.6 Å². The summed E-state index contributed by atoms with van der Waals surface area (Å²) in [6.07, 6.45) is 3.48. The number of anilines is 2. The molecule has 0 bridgehead atoms. The minimum atomic E-state index is 0.742. The fourth-order valence-corrected chi connectivity index (χ4v) is 2.55. The standard InChI is InChI=1S/C14H18N2/c1-9-3-11-5-14-12(4-10(2)8-16-14)6-13(11)15-7-9/h3,5-6,10,15-16H,4,7-8H2,1-2H3. The Bertz CT molecular complexity index is 460. The van der Waals surface area contributed by atoms with Crippen molar-refractivity contribution >= 4 is 17.5 Å². The molecule has 0 radical (unpaired) electrons. The lowest BCUT2D eigenvalue weighted by Crippen LogP contribution is -2.21. The highest BCUT2D eigenvalue weighted by atomic mass is 14.9. The van der Waals surface area contributed by atoms with Crippen molar-refractivity contribution < 1.29 is 0 Å². The molecule has 1 atom stereocenters. The second-order valence-electron chi connectivity index (χ2n) is 5.13. The Labute approximate surface area is 96.7 Å². The minimum absolute atomic E-state index is 0.742. The lowest BCUT2D eigenvalue weighted by Gasteiger charge is -2.26. The van der Waals surface area contributed by atoms with Gasteiger partial charge in [0.05, 0.1) is 0 Å². The summed E-state index contributed by atoms with van der Waals surface area (Å²) in [7, 11) is 0. The molecule has 1 unspecified atom stereocenters. The molecular formula is C14H18N2. The van der Waals surface area contributed by atoms with E-state index in [1.807, 2.05) is 0 Å². The highest BCUT2D eigenvalue weighted by Crippen LogP contribution is 2.33. The van der Waals surface area contributed by atoms with Crippen LogP contribution in [0.15, 0.2) is 17.7 Å². The van der Waals surface area contributed by atoms with E-state index in [0.717, 1.165) is 19.0 Å². The molecule has 2 N–H and O–H groups in total. The molecule has 1 aromatic carbocycles. The maximum Gasteiger partial charge on any atom is 0.0420 e. The topological polar surface area (TPSA) is 24.1 Å². The zero-order valence-corrected chi connectivity index (χ0v) is 9.93. The Hall–Kier alpha value is -1.44. The van der Waals surface area contributed by atoms with Gasteiger partial charge in [-0.25, -0.2) is 0 Å². The second kappa shape index (κ2) is 3.55. The molecule has 0 fully saturated rings. The summed E-state index contributed by atoms with van der Waals surface area (Å²) in [5.41, 5.74) is 6.80. The molecule has 0 saturated heterocycles. The van der Waals surface area contributed by atoms with Crippen molar-refractivity contribution in [2.24, 2.45) is 5.92 Å². The lowest BCUT2D eigenvalue weighted by molar-refractivity contribution is 0.595. The summed E-state index contributed by atoms with van der Waals surface area (Å²) < 4.78 is 0. The summed E-state index contributed by atoms with van der Waals surface area (Å²) in [5.74, 6) is 0.742. The number of rotatable bonds is 0. The smallest absolute Gasteiger partial charge is 0.0420 e. The Morgan fingerprint density at radius 2 is 2.06 bits per heavy atom. The molecule has 0 aromatic heterocycles. The monoisotopic (exact) mass is 214 g/mol. The first kappa shape index (κ1) is 9.76. The second-order valence-corrected chi connectivity index (χ2v) is 5.13. The quantitative estimate of drug-likeness (QED) is 0.693. The highest BCUT2D eigenvalue weighted by Gasteiger charge is 2.17. The summed E-state index contributed by atoms with van der Waals surface area (Å²) in [6, 6.07) is 4.60. The van der Waals surface area contributed by atoms with Gasteiger partial charge in [0.15, 0.2) is 0 Å². The van der Waals surface area contributed by atoms with E-state index in [4.69, 9.17) is 0 Å². The predicted molar refractivity (Wildman–Crippen MR) is 69.9 cm³/mol. The van der Waals surface area contributed by atoms with Gasteiger partial charge < -0.3 is 10.6 Å². The molecule has 84 valence electrons. The van der Waals surface area contributed by atoms with Crippen LogP contribution in [-0.2, 0) is 6.42 Å². The summed E-state index contributed by atoms with van der Waals surface area (Å²) in [6.45, 7) is 6.55. The van der Waals surface area contributed by atoms with Crippen molar-refractivity contribution in [3.05, 3.63) is 28.8 Å². The van der Waals surface area contributed by atoms with E-state index in [0.29, 0.717) is 0 Å². The van der Waals surface area contributed by atoms with Gasteiger partial charge in [-0.1, -0.05) is 18.6 Å². The minimum Gasteiger partial charge on any atom is -0.385 e. The van der Waals surface area contributed by atoms with Gasteiger partial charge in [0.2, 0.25) is 0 Å². The van der Waals surface area contributed by atoms with Gasteiger partial charge >= 0.3 is 0 Å². The molecule has 0 aliphatic carbocycles. The fraction of sp³-hybridized carbons (Fsp3) is 0.429. The normalized spacial score (nSPS) is 22.4. The van der Waals surface area contributed by atoms with Crippen molar-refractivity contribution in [3.8, 4) is 0 Å². The predicted octanol–water partition coefficient (Wildman–Crippen LogP) is 3.12. The van der Waals surface area contributed by atoms with Gasteiger partial charge in [0.1, 0.15) is 0 Å². The van der Waals surface area contributed by atoms with Crippen LogP contribution in [0.2, 0.25) is 0 Å². The van der Waals surface area contributed by atoms with Gasteiger partial charge in [0, 0.05) is 24.5 Å². The Morgan fingerprint density at radius 3 is 2.94 bits per heavy atom. The van der Waals surface area contributed by atoms with Crippen LogP contribution in [0, 0.1) is 5.92 Å². The molecule has 0 spiro atoms. The van der Waals surface area contributed by atoms with E-state index in [2.05, 4.69) is 42.7 Å². The molecule has 2 nitrogen and oxygen atoms in total. The molecule has 0 amide bonds. The zero-order valence-electron chi connectivity index (χ0n) is 9.93. The van der Waals surface area contributed by atoms with Gasteiger partial charge in [0.25, 0.3) is 0 Å². The zero-order chi connectivity index (χ0) is 11.1. The van der Waals surface area contributed by atoms with Gasteiger partial charge in [-0.15, -0.1) is 0 Å². The van der Waals surface area contributed by atoms with E-state index in [-0.39, 0.29) is 0 Å². The highest BCUT2D eigenvalue weighted by molar-refractivity contribution is 5.77. The third-order valence-electron chi connectivity index (χ3n) is 3.44. The first-order valence-corrected chi connectivity index (χ1v) is 6.04. The molecule has 16 heavy (non-hydrogen) atoms. The SMILES string of the molecule is CC1=Cc2cc3c(cc2NC1)CC(C)CN3. The molecular weight excluding hydrogens is 196 g/mol. The Balaban J connectivity index is 2.06. The first-order valence-electron chi connectivity index (χ1n) is 6.04. The summed E-state index contributed by atoms with van der Waals surface area (Å²) in [4.78, 5) is 0. The van der Waals surface area contributed by atoms with Crippen molar-refractivity contribution in [2.75, 3.05) is 23.7 Å². The largest absolute Gasteiger partial charge is 0.385 e. The van der Waals surface area contributed by atoms with Crippen LogP contribution in [0.5, 0.6) is 0 Å². The van der Waals surface area contributed by atoms with E-state index >= 15 is 0 Å². The number of fused-ring (bicyclic) bond motifs is 2. The van der Waals surface area contributed by atoms with E-state index in [9.17, 15) is 0 Å². The average molecular weight is 214 g/mol. The molecule has 1 aromatic rings. The lowest BCUT2D eigenvalue weighted by atomic mass is 9.92. The number of hydrogen-bond donors (Lipinski definition) is 2. The van der Waals surface area contributed by atoms with Gasteiger partial charge in [-0.05, 0) is 42.5 Å². The molecule has 2 aliphatic heterocycles. The Morgan fingerprint density at radius 1 is 1.19 bits per heavy atom. The first-order chi connectivity index (χ1) is 7.72. The molecule has 2 aliphatic rings. The van der Waals surface area contributed by atoms with Crippen LogP contribution >= 0.6 is 0 Å². The Kier molecular flexibility index (Phi) is 2.16. The van der Waals surface area contributed by atoms with Crippen LogP contribution in [0.3, 0.4) is 0 Å². The summed E-state index contributed by atoms with van der Waals surface area (Å²) >= 11 is 0. The van der Waals surface area contributed by atoms with Gasteiger partial charge in [-0.3, -0.25) is 0 Å². The van der Waals surface area contributed by atoms with Crippen molar-refractivity contribution in [2.45, 2.75) is 20.3 Å². The van der Waals surface area contributed by atoms with Crippen LogP contribution in [0.4, 0.5) is 11.4 Å².